The zero-order valence-corrected chi connectivity index (χ0v) is 18.3. The molecule has 2 aromatic rings. The minimum atomic E-state index is -0.290. The molecule has 0 saturated carbocycles. The van der Waals surface area contributed by atoms with Crippen molar-refractivity contribution < 1.29 is 19.1 Å². The fourth-order valence-corrected chi connectivity index (χ4v) is 3.59. The number of likely N-dealkylation sites (tertiary alicyclic amines) is 1. The van der Waals surface area contributed by atoms with Gasteiger partial charge in [0.2, 0.25) is 0 Å². The molecule has 1 atom stereocenters. The largest absolute Gasteiger partial charge is 0.493 e. The summed E-state index contributed by atoms with van der Waals surface area (Å²) < 4.78 is 10.7. The Labute approximate surface area is 183 Å². The molecule has 0 bridgehead atoms. The first-order chi connectivity index (χ1) is 14.1. The SMILES string of the molecule is CNCC1CCN(C(=O)c2cc(OC)c(OC)cc2NC(=O)c2ccccc2)C1.Cl. The van der Waals surface area contributed by atoms with Crippen molar-refractivity contribution in [3.05, 3.63) is 53.6 Å². The second-order valence-electron chi connectivity index (χ2n) is 7.04. The number of hydrogen-bond acceptors (Lipinski definition) is 5. The minimum absolute atomic E-state index is 0. The molecule has 0 aliphatic carbocycles. The lowest BCUT2D eigenvalue weighted by Gasteiger charge is -2.20. The highest BCUT2D eigenvalue weighted by atomic mass is 35.5. The Kier molecular flexibility index (Phi) is 8.50. The molecule has 1 saturated heterocycles. The number of anilines is 1. The third-order valence-electron chi connectivity index (χ3n) is 5.10. The molecular weight excluding hydrogens is 406 g/mol. The molecular formula is C22H28ClN3O4. The zero-order valence-electron chi connectivity index (χ0n) is 17.4. The standard InChI is InChI=1S/C22H27N3O4.ClH/c1-23-13-15-9-10-25(14-15)22(27)17-11-19(28-2)20(29-3)12-18(17)24-21(26)16-7-5-4-6-8-16;/h4-8,11-12,15,23H,9-10,13-14H2,1-3H3,(H,24,26);1H. The van der Waals surface area contributed by atoms with Gasteiger partial charge in [-0.15, -0.1) is 12.4 Å². The van der Waals surface area contributed by atoms with Gasteiger partial charge in [-0.2, -0.15) is 0 Å². The van der Waals surface area contributed by atoms with Crippen LogP contribution in [0.3, 0.4) is 0 Å². The molecule has 2 N–H and O–H groups in total. The van der Waals surface area contributed by atoms with Crippen LogP contribution in [-0.4, -0.2) is 57.6 Å². The fourth-order valence-electron chi connectivity index (χ4n) is 3.59. The lowest BCUT2D eigenvalue weighted by Crippen LogP contribution is -2.31. The molecule has 1 heterocycles. The van der Waals surface area contributed by atoms with Gasteiger partial charge in [0.1, 0.15) is 0 Å². The number of methoxy groups -OCH3 is 2. The maximum absolute atomic E-state index is 13.3. The second-order valence-corrected chi connectivity index (χ2v) is 7.04. The van der Waals surface area contributed by atoms with Crippen LogP contribution in [-0.2, 0) is 0 Å². The van der Waals surface area contributed by atoms with Gasteiger partial charge < -0.3 is 25.0 Å². The Morgan fingerprint density at radius 1 is 1.10 bits per heavy atom. The Bertz CT molecular complexity index is 876. The van der Waals surface area contributed by atoms with Crippen LogP contribution in [0.4, 0.5) is 5.69 Å². The first-order valence-corrected chi connectivity index (χ1v) is 9.63. The second kappa shape index (κ2) is 10.8. The number of hydrogen-bond donors (Lipinski definition) is 2. The van der Waals surface area contributed by atoms with Crippen LogP contribution in [0.2, 0.25) is 0 Å². The van der Waals surface area contributed by atoms with Gasteiger partial charge in [-0.1, -0.05) is 18.2 Å². The zero-order chi connectivity index (χ0) is 20.8. The van der Waals surface area contributed by atoms with Crippen molar-refractivity contribution in [2.24, 2.45) is 5.92 Å². The summed E-state index contributed by atoms with van der Waals surface area (Å²) >= 11 is 0. The number of nitrogens with one attached hydrogen (secondary N) is 2. The molecule has 2 amide bonds. The van der Waals surface area contributed by atoms with E-state index in [1.54, 1.807) is 36.4 Å². The van der Waals surface area contributed by atoms with Crippen molar-refractivity contribution in [2.75, 3.05) is 46.2 Å². The van der Waals surface area contributed by atoms with Gasteiger partial charge in [0.25, 0.3) is 11.8 Å². The minimum Gasteiger partial charge on any atom is -0.493 e. The van der Waals surface area contributed by atoms with Gasteiger partial charge in [0.15, 0.2) is 11.5 Å². The first-order valence-electron chi connectivity index (χ1n) is 9.63. The molecule has 7 nitrogen and oxygen atoms in total. The highest BCUT2D eigenvalue weighted by molar-refractivity contribution is 6.09. The van der Waals surface area contributed by atoms with Crippen molar-refractivity contribution in [3.8, 4) is 11.5 Å². The fraction of sp³-hybridized carbons (Fsp3) is 0.364. The van der Waals surface area contributed by atoms with Crippen LogP contribution in [0.25, 0.3) is 0 Å². The summed E-state index contributed by atoms with van der Waals surface area (Å²) in [5.41, 5.74) is 1.30. The number of carbonyl (C=O) groups is 2. The highest BCUT2D eigenvalue weighted by Gasteiger charge is 2.29. The van der Waals surface area contributed by atoms with Crippen molar-refractivity contribution in [1.82, 2.24) is 10.2 Å². The Hall–Kier alpha value is -2.77. The summed E-state index contributed by atoms with van der Waals surface area (Å²) in [5.74, 6) is 0.891. The van der Waals surface area contributed by atoms with Gasteiger partial charge in [-0.05, 0) is 44.1 Å². The van der Waals surface area contributed by atoms with E-state index in [1.165, 1.54) is 14.2 Å². The molecule has 162 valence electrons. The third kappa shape index (κ3) is 5.23. The van der Waals surface area contributed by atoms with E-state index in [0.717, 1.165) is 13.0 Å². The van der Waals surface area contributed by atoms with Crippen LogP contribution < -0.4 is 20.1 Å². The quantitative estimate of drug-likeness (QED) is 0.701. The van der Waals surface area contributed by atoms with Crippen LogP contribution in [0.15, 0.2) is 42.5 Å². The maximum Gasteiger partial charge on any atom is 0.256 e. The molecule has 2 aromatic carbocycles. The predicted octanol–water partition coefficient (Wildman–Crippen LogP) is 3.06. The Morgan fingerprint density at radius 3 is 2.40 bits per heavy atom. The molecule has 0 radical (unpaired) electrons. The molecule has 1 unspecified atom stereocenters. The molecule has 0 aromatic heterocycles. The van der Waals surface area contributed by atoms with Gasteiger partial charge in [-0.25, -0.2) is 0 Å². The van der Waals surface area contributed by atoms with Crippen LogP contribution in [0.5, 0.6) is 11.5 Å². The summed E-state index contributed by atoms with van der Waals surface area (Å²) in [4.78, 5) is 27.8. The van der Waals surface area contributed by atoms with Crippen LogP contribution >= 0.6 is 12.4 Å². The molecule has 1 fully saturated rings. The normalized spacial score (nSPS) is 15.3. The van der Waals surface area contributed by atoms with E-state index in [2.05, 4.69) is 10.6 Å². The molecule has 3 rings (SSSR count). The summed E-state index contributed by atoms with van der Waals surface area (Å²) in [6.45, 7) is 2.24. The number of halogens is 1. The predicted molar refractivity (Wildman–Crippen MR) is 119 cm³/mol. The van der Waals surface area contributed by atoms with E-state index in [9.17, 15) is 9.59 Å². The molecule has 30 heavy (non-hydrogen) atoms. The maximum atomic E-state index is 13.3. The lowest BCUT2D eigenvalue weighted by atomic mass is 10.1. The van der Waals surface area contributed by atoms with Crippen molar-refractivity contribution >= 4 is 29.9 Å². The van der Waals surface area contributed by atoms with E-state index < -0.39 is 0 Å². The molecule has 0 spiro atoms. The van der Waals surface area contributed by atoms with E-state index >= 15 is 0 Å². The Morgan fingerprint density at radius 2 is 1.77 bits per heavy atom. The van der Waals surface area contributed by atoms with E-state index in [1.807, 2.05) is 18.0 Å². The number of amides is 2. The van der Waals surface area contributed by atoms with Crippen molar-refractivity contribution in [1.29, 1.82) is 0 Å². The van der Waals surface area contributed by atoms with Gasteiger partial charge in [0.05, 0.1) is 25.5 Å². The van der Waals surface area contributed by atoms with Crippen LogP contribution in [0, 0.1) is 5.92 Å². The summed E-state index contributed by atoms with van der Waals surface area (Å²) in [5, 5.41) is 6.03. The third-order valence-corrected chi connectivity index (χ3v) is 5.10. The van der Waals surface area contributed by atoms with Crippen molar-refractivity contribution in [3.63, 3.8) is 0 Å². The molecule has 1 aliphatic rings. The number of rotatable bonds is 7. The number of benzene rings is 2. The van der Waals surface area contributed by atoms with E-state index in [-0.39, 0.29) is 24.2 Å². The van der Waals surface area contributed by atoms with Crippen molar-refractivity contribution in [2.45, 2.75) is 6.42 Å². The van der Waals surface area contributed by atoms with E-state index in [4.69, 9.17) is 9.47 Å². The van der Waals surface area contributed by atoms with Crippen LogP contribution in [0.1, 0.15) is 27.1 Å². The summed E-state index contributed by atoms with van der Waals surface area (Å²) in [6.07, 6.45) is 0.950. The van der Waals surface area contributed by atoms with Gasteiger partial charge >= 0.3 is 0 Å². The van der Waals surface area contributed by atoms with E-state index in [0.29, 0.717) is 47.3 Å². The molecule has 1 aliphatic heterocycles. The topological polar surface area (TPSA) is 79.9 Å². The smallest absolute Gasteiger partial charge is 0.256 e. The number of carbonyl (C=O) groups excluding carboxylic acids is 2. The number of nitrogens with zero attached hydrogens (tertiary/aromatic N) is 1. The average Bonchev–Trinajstić information content (AvgIpc) is 3.22. The Balaban J connectivity index is 0.00000320. The van der Waals surface area contributed by atoms with Gasteiger partial charge in [0, 0.05) is 24.7 Å². The summed E-state index contributed by atoms with van der Waals surface area (Å²) in [7, 11) is 4.95. The first kappa shape index (κ1) is 23.5. The van der Waals surface area contributed by atoms with Gasteiger partial charge in [-0.3, -0.25) is 9.59 Å². The molecule has 8 heteroatoms. The highest BCUT2D eigenvalue weighted by Crippen LogP contribution is 2.35. The number of ether oxygens (including phenoxy) is 2. The average molecular weight is 434 g/mol. The summed E-state index contributed by atoms with van der Waals surface area (Å²) in [6, 6.07) is 12.1. The lowest BCUT2D eigenvalue weighted by molar-refractivity contribution is 0.0788. The monoisotopic (exact) mass is 433 g/mol.